The first-order valence-corrected chi connectivity index (χ1v) is 4.74. The first-order valence-electron chi connectivity index (χ1n) is 4.74. The second kappa shape index (κ2) is 5.32. The quantitative estimate of drug-likeness (QED) is 0.785. The van der Waals surface area contributed by atoms with Gasteiger partial charge in [-0.2, -0.15) is 13.2 Å². The largest absolute Gasteiger partial charge is 0.467 e. The van der Waals surface area contributed by atoms with Crippen LogP contribution in [0.3, 0.4) is 0 Å². The van der Waals surface area contributed by atoms with Crippen molar-refractivity contribution in [2.24, 2.45) is 0 Å². The van der Waals surface area contributed by atoms with Gasteiger partial charge in [0.05, 0.1) is 7.11 Å². The number of alkyl halides is 3. The normalized spacial score (nSPS) is 15.0. The smallest absolute Gasteiger partial charge is 0.433 e. The molecule has 1 aromatic rings. The van der Waals surface area contributed by atoms with E-state index in [0.717, 1.165) is 19.4 Å². The zero-order chi connectivity index (χ0) is 13.9. The van der Waals surface area contributed by atoms with Crippen LogP contribution in [0.1, 0.15) is 17.4 Å². The summed E-state index contributed by atoms with van der Waals surface area (Å²) in [4.78, 5) is 14.0. The van der Waals surface area contributed by atoms with E-state index >= 15 is 0 Å². The molecule has 0 amide bonds. The molecule has 1 heterocycles. The molecule has 5 nitrogen and oxygen atoms in total. The number of carbonyl (C=O) groups excluding carboxylic acids is 1. The van der Waals surface area contributed by atoms with E-state index in [2.05, 4.69) is 9.72 Å². The second-order valence-electron chi connectivity index (χ2n) is 3.39. The fourth-order valence-corrected chi connectivity index (χ4v) is 1.22. The lowest BCUT2D eigenvalue weighted by atomic mass is 10.0. The molecule has 0 saturated carbocycles. The van der Waals surface area contributed by atoms with Gasteiger partial charge < -0.3 is 14.9 Å². The predicted molar refractivity (Wildman–Crippen MR) is 52.2 cm³/mol. The molecule has 0 radical (unpaired) electrons. The van der Waals surface area contributed by atoms with Crippen LogP contribution in [0, 0.1) is 0 Å². The van der Waals surface area contributed by atoms with Gasteiger partial charge in [-0.25, -0.2) is 4.79 Å². The number of methoxy groups -OCH3 is 1. The van der Waals surface area contributed by atoms with E-state index in [1.165, 1.54) is 0 Å². The molecule has 0 aliphatic rings. The molecule has 2 atom stereocenters. The minimum Gasteiger partial charge on any atom is -0.467 e. The molecule has 2 unspecified atom stereocenters. The van der Waals surface area contributed by atoms with E-state index < -0.39 is 30.0 Å². The Morgan fingerprint density at radius 3 is 2.56 bits per heavy atom. The number of aromatic nitrogens is 1. The highest BCUT2D eigenvalue weighted by Crippen LogP contribution is 2.29. The molecule has 0 aliphatic carbocycles. The summed E-state index contributed by atoms with van der Waals surface area (Å²) < 4.78 is 41.2. The number of nitrogens with zero attached hydrogens (tertiary/aromatic N) is 1. The molecule has 0 aliphatic heterocycles. The molecule has 8 heteroatoms. The minimum absolute atomic E-state index is 0.282. The number of hydrogen-bond donors (Lipinski definition) is 2. The third-order valence-corrected chi connectivity index (χ3v) is 2.16. The van der Waals surface area contributed by atoms with Crippen LogP contribution in [-0.2, 0) is 15.7 Å². The second-order valence-corrected chi connectivity index (χ2v) is 3.39. The Bertz CT molecular complexity index is 435. The van der Waals surface area contributed by atoms with Gasteiger partial charge in [0.25, 0.3) is 0 Å². The third kappa shape index (κ3) is 3.17. The molecule has 0 fully saturated rings. The highest BCUT2D eigenvalue weighted by molar-refractivity contribution is 5.75. The van der Waals surface area contributed by atoms with Gasteiger partial charge in [-0.05, 0) is 17.7 Å². The van der Waals surface area contributed by atoms with Crippen LogP contribution < -0.4 is 0 Å². The van der Waals surface area contributed by atoms with Crippen molar-refractivity contribution in [3.63, 3.8) is 0 Å². The molecule has 0 bridgehead atoms. The fourth-order valence-electron chi connectivity index (χ4n) is 1.22. The fraction of sp³-hybridized carbons (Fsp3) is 0.400. The van der Waals surface area contributed by atoms with E-state index in [0.29, 0.717) is 6.07 Å². The summed E-state index contributed by atoms with van der Waals surface area (Å²) in [7, 11) is 0.978. The molecule has 0 spiro atoms. The summed E-state index contributed by atoms with van der Waals surface area (Å²) in [6.45, 7) is 0. The van der Waals surface area contributed by atoms with Crippen molar-refractivity contribution in [2.45, 2.75) is 18.4 Å². The minimum atomic E-state index is -4.67. The maximum atomic E-state index is 12.4. The lowest BCUT2D eigenvalue weighted by Crippen LogP contribution is -2.29. The van der Waals surface area contributed by atoms with Crippen LogP contribution in [0.5, 0.6) is 0 Å². The number of carbonyl (C=O) groups is 1. The van der Waals surface area contributed by atoms with Gasteiger partial charge in [0.1, 0.15) is 11.8 Å². The third-order valence-electron chi connectivity index (χ3n) is 2.16. The molecule has 1 rings (SSSR count). The van der Waals surface area contributed by atoms with Crippen molar-refractivity contribution in [2.75, 3.05) is 7.11 Å². The first-order chi connectivity index (χ1) is 8.27. The lowest BCUT2D eigenvalue weighted by Gasteiger charge is -2.16. The Morgan fingerprint density at radius 1 is 1.44 bits per heavy atom. The van der Waals surface area contributed by atoms with Gasteiger partial charge in [-0.15, -0.1) is 0 Å². The zero-order valence-corrected chi connectivity index (χ0v) is 9.18. The molecule has 0 saturated heterocycles. The Kier molecular flexibility index (Phi) is 4.25. The summed E-state index contributed by atoms with van der Waals surface area (Å²) in [5.74, 6) is -1.15. The summed E-state index contributed by atoms with van der Waals surface area (Å²) in [6.07, 6.45) is -7.63. The molecule has 1 aromatic heterocycles. The number of ether oxygens (including phenoxy) is 1. The van der Waals surface area contributed by atoms with Crippen molar-refractivity contribution in [1.29, 1.82) is 0 Å². The van der Waals surface area contributed by atoms with Gasteiger partial charge in [-0.1, -0.05) is 0 Å². The monoisotopic (exact) mass is 265 g/mol. The van der Waals surface area contributed by atoms with E-state index in [1.807, 2.05) is 0 Å². The molecule has 18 heavy (non-hydrogen) atoms. The number of pyridine rings is 1. The zero-order valence-electron chi connectivity index (χ0n) is 9.18. The summed E-state index contributed by atoms with van der Waals surface area (Å²) >= 11 is 0. The highest BCUT2D eigenvalue weighted by atomic mass is 19.4. The van der Waals surface area contributed by atoms with Crippen LogP contribution in [-0.4, -0.2) is 34.4 Å². The van der Waals surface area contributed by atoms with Crippen LogP contribution in [0.4, 0.5) is 13.2 Å². The predicted octanol–water partition coefficient (Wildman–Crippen LogP) is 0.668. The maximum Gasteiger partial charge on any atom is 0.433 e. The van der Waals surface area contributed by atoms with Gasteiger partial charge in [-0.3, -0.25) is 4.98 Å². The average Bonchev–Trinajstić information content (AvgIpc) is 2.35. The van der Waals surface area contributed by atoms with Gasteiger partial charge in [0, 0.05) is 6.20 Å². The molecule has 100 valence electrons. The highest BCUT2D eigenvalue weighted by Gasteiger charge is 2.34. The molecular formula is C10H10F3NO4. The van der Waals surface area contributed by atoms with Crippen LogP contribution in [0.25, 0.3) is 0 Å². The summed E-state index contributed by atoms with van der Waals surface area (Å²) in [5, 5.41) is 18.8. The summed E-state index contributed by atoms with van der Waals surface area (Å²) in [6, 6.07) is 1.61. The number of esters is 1. The standard InChI is InChI=1S/C10H10F3NO4/c1-18-9(17)8(16)7(15)5-2-3-14-6(4-5)10(11,12)13/h2-4,7-8,15-16H,1H3. The van der Waals surface area contributed by atoms with Crippen LogP contribution in [0.15, 0.2) is 18.3 Å². The van der Waals surface area contributed by atoms with Gasteiger partial charge in [0.2, 0.25) is 0 Å². The number of rotatable bonds is 3. The maximum absolute atomic E-state index is 12.4. The topological polar surface area (TPSA) is 79.7 Å². The SMILES string of the molecule is COC(=O)C(O)C(O)c1ccnc(C(F)(F)F)c1. The lowest BCUT2D eigenvalue weighted by molar-refractivity contribution is -0.156. The van der Waals surface area contributed by atoms with E-state index in [-0.39, 0.29) is 5.56 Å². The van der Waals surface area contributed by atoms with Crippen molar-refractivity contribution in [1.82, 2.24) is 4.98 Å². The number of hydrogen-bond acceptors (Lipinski definition) is 5. The molecule has 0 aromatic carbocycles. The Morgan fingerprint density at radius 2 is 2.06 bits per heavy atom. The Labute approximate surface area is 99.8 Å². The van der Waals surface area contributed by atoms with E-state index in [1.54, 1.807) is 0 Å². The van der Waals surface area contributed by atoms with Crippen molar-refractivity contribution in [3.05, 3.63) is 29.6 Å². The van der Waals surface area contributed by atoms with Crippen molar-refractivity contribution in [3.8, 4) is 0 Å². The number of halogens is 3. The summed E-state index contributed by atoms with van der Waals surface area (Å²) in [5.41, 5.74) is -1.51. The number of aliphatic hydroxyl groups excluding tert-OH is 2. The van der Waals surface area contributed by atoms with Gasteiger partial charge >= 0.3 is 12.1 Å². The van der Waals surface area contributed by atoms with Crippen LogP contribution in [0.2, 0.25) is 0 Å². The van der Waals surface area contributed by atoms with E-state index in [9.17, 15) is 28.2 Å². The number of aliphatic hydroxyl groups is 2. The molecule has 2 N–H and O–H groups in total. The van der Waals surface area contributed by atoms with Gasteiger partial charge in [0.15, 0.2) is 6.10 Å². The first kappa shape index (κ1) is 14.4. The van der Waals surface area contributed by atoms with Crippen molar-refractivity contribution < 1.29 is 32.9 Å². The van der Waals surface area contributed by atoms with Crippen LogP contribution >= 0.6 is 0 Å². The molecular weight excluding hydrogens is 255 g/mol. The Hall–Kier alpha value is -1.67. The van der Waals surface area contributed by atoms with E-state index in [4.69, 9.17) is 0 Å². The van der Waals surface area contributed by atoms with Crippen molar-refractivity contribution >= 4 is 5.97 Å². The Balaban J connectivity index is 3.00. The average molecular weight is 265 g/mol.